The molecule has 4 heteroatoms. The van der Waals surface area contributed by atoms with Crippen LogP contribution in [0.25, 0.3) is 0 Å². The third-order valence-corrected chi connectivity index (χ3v) is 2.86. The average molecular weight is 255 g/mol. The van der Waals surface area contributed by atoms with Gasteiger partial charge in [-0.3, -0.25) is 11.3 Å². The van der Waals surface area contributed by atoms with Gasteiger partial charge in [-0.1, -0.05) is 17.7 Å². The molecule has 1 unspecified atom stereocenters. The first kappa shape index (κ1) is 14.0. The van der Waals surface area contributed by atoms with Crippen LogP contribution in [0.5, 0.6) is 0 Å². The molecule has 92 valence electrons. The van der Waals surface area contributed by atoms with Crippen molar-refractivity contribution < 1.29 is 4.39 Å². The zero-order valence-corrected chi connectivity index (χ0v) is 10.5. The lowest BCUT2D eigenvalue weighted by Gasteiger charge is -2.15. The molecule has 0 aliphatic carbocycles. The highest BCUT2D eigenvalue weighted by Crippen LogP contribution is 2.19. The lowest BCUT2D eigenvalue weighted by atomic mass is 10.0. The summed E-state index contributed by atoms with van der Waals surface area (Å²) in [6.45, 7) is 1.81. The van der Waals surface area contributed by atoms with E-state index in [2.05, 4.69) is 17.3 Å². The van der Waals surface area contributed by atoms with Gasteiger partial charge >= 0.3 is 0 Å². The first-order valence-electron chi connectivity index (χ1n) is 5.47. The maximum atomic E-state index is 12.9. The van der Waals surface area contributed by atoms with E-state index < -0.39 is 0 Å². The van der Waals surface area contributed by atoms with Gasteiger partial charge in [0.15, 0.2) is 0 Å². The summed E-state index contributed by atoms with van der Waals surface area (Å²) in [5.41, 5.74) is 3.62. The Morgan fingerprint density at radius 2 is 2.29 bits per heavy atom. The number of nitrogens with two attached hydrogens (primary N) is 1. The van der Waals surface area contributed by atoms with Crippen molar-refractivity contribution in [1.82, 2.24) is 5.43 Å². The van der Waals surface area contributed by atoms with Crippen LogP contribution in [0, 0.1) is 17.7 Å². The first-order chi connectivity index (χ1) is 8.17. The topological polar surface area (TPSA) is 38.0 Å². The van der Waals surface area contributed by atoms with Gasteiger partial charge in [0.1, 0.15) is 5.82 Å². The van der Waals surface area contributed by atoms with Crippen molar-refractivity contribution in [1.29, 1.82) is 0 Å². The summed E-state index contributed by atoms with van der Waals surface area (Å²) >= 11 is 5.96. The lowest BCUT2D eigenvalue weighted by molar-refractivity contribution is 0.497. The minimum atomic E-state index is -0.326. The highest BCUT2D eigenvalue weighted by molar-refractivity contribution is 6.31. The first-order valence-corrected chi connectivity index (χ1v) is 5.84. The van der Waals surface area contributed by atoms with E-state index in [9.17, 15) is 4.39 Å². The standard InChI is InChI=1S/C13H16ClFN2/c1-2-3-4-5-12(17-16)8-10-6-7-11(15)9-13(10)14/h6-7,9,12,17H,4-5,8,16H2,1H3. The molecule has 3 N–H and O–H groups in total. The predicted molar refractivity (Wildman–Crippen MR) is 68.9 cm³/mol. The van der Waals surface area contributed by atoms with E-state index in [0.717, 1.165) is 18.4 Å². The molecule has 1 atom stereocenters. The SMILES string of the molecule is CC#CCCC(Cc1ccc(F)cc1Cl)NN. The van der Waals surface area contributed by atoms with Gasteiger partial charge in [0.2, 0.25) is 0 Å². The van der Waals surface area contributed by atoms with Gasteiger partial charge in [-0.05, 0) is 37.5 Å². The molecule has 0 saturated carbocycles. The summed E-state index contributed by atoms with van der Waals surface area (Å²) in [5.74, 6) is 11.0. The van der Waals surface area contributed by atoms with E-state index in [1.165, 1.54) is 12.1 Å². The highest BCUT2D eigenvalue weighted by atomic mass is 35.5. The molecular formula is C13H16ClFN2. The molecule has 0 aromatic heterocycles. The van der Waals surface area contributed by atoms with Crippen molar-refractivity contribution in [3.05, 3.63) is 34.6 Å². The van der Waals surface area contributed by atoms with E-state index >= 15 is 0 Å². The minimum Gasteiger partial charge on any atom is -0.271 e. The zero-order chi connectivity index (χ0) is 12.7. The Bertz CT molecular complexity index is 423. The van der Waals surface area contributed by atoms with Crippen LogP contribution >= 0.6 is 11.6 Å². The van der Waals surface area contributed by atoms with Crippen LogP contribution < -0.4 is 11.3 Å². The van der Waals surface area contributed by atoms with Gasteiger partial charge < -0.3 is 0 Å². The van der Waals surface area contributed by atoms with E-state index in [1.807, 2.05) is 6.92 Å². The molecule has 0 aliphatic heterocycles. The Morgan fingerprint density at radius 1 is 1.53 bits per heavy atom. The predicted octanol–water partition coefficient (Wildman–Crippen LogP) is 2.66. The van der Waals surface area contributed by atoms with Gasteiger partial charge in [0.05, 0.1) is 0 Å². The Balaban J connectivity index is 2.62. The largest absolute Gasteiger partial charge is 0.271 e. The summed E-state index contributed by atoms with van der Waals surface area (Å²) in [7, 11) is 0. The van der Waals surface area contributed by atoms with E-state index in [0.29, 0.717) is 11.4 Å². The van der Waals surface area contributed by atoms with Crippen molar-refractivity contribution in [2.75, 3.05) is 0 Å². The second kappa shape index (κ2) is 7.29. The fraction of sp³-hybridized carbons (Fsp3) is 0.385. The fourth-order valence-corrected chi connectivity index (χ4v) is 1.81. The van der Waals surface area contributed by atoms with Crippen LogP contribution in [-0.2, 0) is 6.42 Å². The molecule has 1 aromatic rings. The molecule has 0 aliphatic rings. The lowest BCUT2D eigenvalue weighted by Crippen LogP contribution is -2.36. The van der Waals surface area contributed by atoms with Crippen molar-refractivity contribution in [2.45, 2.75) is 32.2 Å². The molecule has 0 radical (unpaired) electrons. The summed E-state index contributed by atoms with van der Waals surface area (Å²) in [5, 5.41) is 0.437. The quantitative estimate of drug-likeness (QED) is 0.482. The molecule has 17 heavy (non-hydrogen) atoms. The molecule has 0 saturated heterocycles. The number of hydrogen-bond acceptors (Lipinski definition) is 2. The smallest absolute Gasteiger partial charge is 0.124 e. The number of nitrogens with one attached hydrogen (secondary N) is 1. The molecule has 0 heterocycles. The summed E-state index contributed by atoms with van der Waals surface area (Å²) in [6.07, 6.45) is 2.29. The number of hydrogen-bond donors (Lipinski definition) is 2. The monoisotopic (exact) mass is 254 g/mol. The number of hydrazine groups is 1. The Kier molecular flexibility index (Phi) is 5.99. The Labute approximate surface area is 106 Å². The average Bonchev–Trinajstić information content (AvgIpc) is 2.31. The van der Waals surface area contributed by atoms with Gasteiger partial charge in [-0.2, -0.15) is 0 Å². The van der Waals surface area contributed by atoms with Gasteiger partial charge in [-0.15, -0.1) is 11.8 Å². The van der Waals surface area contributed by atoms with E-state index in [1.54, 1.807) is 6.07 Å². The van der Waals surface area contributed by atoms with Crippen molar-refractivity contribution in [3.8, 4) is 11.8 Å². The molecular weight excluding hydrogens is 239 g/mol. The molecule has 0 bridgehead atoms. The molecule has 0 amide bonds. The second-order valence-corrected chi connectivity index (χ2v) is 4.18. The molecule has 1 rings (SSSR count). The zero-order valence-electron chi connectivity index (χ0n) is 9.76. The van der Waals surface area contributed by atoms with Crippen LogP contribution in [0.2, 0.25) is 5.02 Å². The van der Waals surface area contributed by atoms with Crippen molar-refractivity contribution in [2.24, 2.45) is 5.84 Å². The van der Waals surface area contributed by atoms with Gasteiger partial charge in [-0.25, -0.2) is 4.39 Å². The maximum Gasteiger partial charge on any atom is 0.124 e. The highest BCUT2D eigenvalue weighted by Gasteiger charge is 2.10. The van der Waals surface area contributed by atoms with E-state index in [4.69, 9.17) is 17.4 Å². The van der Waals surface area contributed by atoms with Gasteiger partial charge in [0.25, 0.3) is 0 Å². The third kappa shape index (κ3) is 4.74. The van der Waals surface area contributed by atoms with Crippen LogP contribution in [-0.4, -0.2) is 6.04 Å². The number of halogens is 2. The molecule has 0 fully saturated rings. The second-order valence-electron chi connectivity index (χ2n) is 3.77. The number of benzene rings is 1. The van der Waals surface area contributed by atoms with Crippen LogP contribution in [0.3, 0.4) is 0 Å². The Hall–Kier alpha value is -1.08. The summed E-state index contributed by atoms with van der Waals surface area (Å²) in [4.78, 5) is 0. The normalized spacial score (nSPS) is 11.8. The molecule has 2 nitrogen and oxygen atoms in total. The third-order valence-electron chi connectivity index (χ3n) is 2.51. The van der Waals surface area contributed by atoms with Crippen LogP contribution in [0.15, 0.2) is 18.2 Å². The Morgan fingerprint density at radius 3 is 2.88 bits per heavy atom. The van der Waals surface area contributed by atoms with Gasteiger partial charge in [0, 0.05) is 17.5 Å². The minimum absolute atomic E-state index is 0.0961. The fourth-order valence-electron chi connectivity index (χ4n) is 1.57. The van der Waals surface area contributed by atoms with Crippen molar-refractivity contribution in [3.63, 3.8) is 0 Å². The summed E-state index contributed by atoms with van der Waals surface area (Å²) in [6, 6.07) is 4.50. The molecule has 1 aromatic carbocycles. The number of rotatable bonds is 5. The van der Waals surface area contributed by atoms with Crippen LogP contribution in [0.4, 0.5) is 4.39 Å². The van der Waals surface area contributed by atoms with Crippen LogP contribution in [0.1, 0.15) is 25.3 Å². The summed E-state index contributed by atoms with van der Waals surface area (Å²) < 4.78 is 12.9. The molecule has 0 spiro atoms. The van der Waals surface area contributed by atoms with E-state index in [-0.39, 0.29) is 11.9 Å². The van der Waals surface area contributed by atoms with Crippen molar-refractivity contribution >= 4 is 11.6 Å². The maximum absolute atomic E-state index is 12.9.